The van der Waals surface area contributed by atoms with Gasteiger partial charge in [0.05, 0.1) is 0 Å². The van der Waals surface area contributed by atoms with Crippen LogP contribution in [0.5, 0.6) is 0 Å². The van der Waals surface area contributed by atoms with Crippen LogP contribution in [0.2, 0.25) is 0 Å². The number of nitrogens with one attached hydrogen (secondary N) is 1. The van der Waals surface area contributed by atoms with E-state index in [2.05, 4.69) is 5.32 Å². The Labute approximate surface area is 81.9 Å². The number of hydrogen-bond donors (Lipinski definition) is 2. The minimum atomic E-state index is -1.07. The fraction of sp³-hybridized carbons (Fsp3) is 0.625. The van der Waals surface area contributed by atoms with Crippen LogP contribution in [-0.4, -0.2) is 47.4 Å². The van der Waals surface area contributed by atoms with E-state index in [1.54, 1.807) is 0 Å². The molecule has 0 saturated heterocycles. The summed E-state index contributed by atoms with van der Waals surface area (Å²) in [7, 11) is 0. The van der Waals surface area contributed by atoms with E-state index in [1.165, 1.54) is 13.8 Å². The maximum absolute atomic E-state index is 10.9. The number of hydrogen-bond acceptors (Lipinski definition) is 3. The van der Waals surface area contributed by atoms with E-state index in [-0.39, 0.29) is 31.4 Å². The Balaban J connectivity index is 3.91. The molecule has 2 amide bonds. The molecule has 0 aromatic carbocycles. The highest BCUT2D eigenvalue weighted by Gasteiger charge is 2.11. The van der Waals surface area contributed by atoms with Gasteiger partial charge in [0.25, 0.3) is 0 Å². The molecule has 14 heavy (non-hydrogen) atoms. The van der Waals surface area contributed by atoms with Crippen LogP contribution in [0.4, 0.5) is 0 Å². The van der Waals surface area contributed by atoms with Crippen LogP contribution in [0.1, 0.15) is 13.8 Å². The number of rotatable bonds is 5. The molecule has 0 heterocycles. The summed E-state index contributed by atoms with van der Waals surface area (Å²) in [4.78, 5) is 32.9. The zero-order valence-electron chi connectivity index (χ0n) is 8.24. The van der Waals surface area contributed by atoms with Crippen LogP contribution in [0.3, 0.4) is 0 Å². The molecule has 0 fully saturated rings. The van der Waals surface area contributed by atoms with Crippen molar-refractivity contribution < 1.29 is 19.5 Å². The van der Waals surface area contributed by atoms with Gasteiger partial charge in [-0.3, -0.25) is 14.4 Å². The first-order chi connectivity index (χ1) is 6.43. The van der Waals surface area contributed by atoms with E-state index in [0.717, 1.165) is 4.90 Å². The van der Waals surface area contributed by atoms with Crippen molar-refractivity contribution in [3.8, 4) is 0 Å². The molecule has 2 N–H and O–H groups in total. The number of carbonyl (C=O) groups is 3. The smallest absolute Gasteiger partial charge is 0.323 e. The van der Waals surface area contributed by atoms with Crippen LogP contribution in [0.25, 0.3) is 0 Å². The van der Waals surface area contributed by atoms with E-state index < -0.39 is 5.97 Å². The van der Waals surface area contributed by atoms with Crippen molar-refractivity contribution in [2.24, 2.45) is 0 Å². The van der Waals surface area contributed by atoms with Crippen LogP contribution in [-0.2, 0) is 14.4 Å². The quantitative estimate of drug-likeness (QED) is 0.602. The van der Waals surface area contributed by atoms with E-state index in [1.807, 2.05) is 0 Å². The maximum Gasteiger partial charge on any atom is 0.323 e. The van der Waals surface area contributed by atoms with Gasteiger partial charge < -0.3 is 15.3 Å². The predicted octanol–water partition coefficient (Wildman–Crippen LogP) is -0.944. The molecule has 80 valence electrons. The number of aliphatic carboxylic acids is 1. The average Bonchev–Trinajstić information content (AvgIpc) is 2.00. The third-order valence-corrected chi connectivity index (χ3v) is 1.53. The molecule has 0 aromatic heterocycles. The summed E-state index contributed by atoms with van der Waals surface area (Å²) in [5.41, 5.74) is 0. The van der Waals surface area contributed by atoms with Gasteiger partial charge in [-0.15, -0.1) is 0 Å². The van der Waals surface area contributed by atoms with Crippen molar-refractivity contribution >= 4 is 17.8 Å². The summed E-state index contributed by atoms with van der Waals surface area (Å²) in [6, 6.07) is 0. The topological polar surface area (TPSA) is 86.7 Å². The van der Waals surface area contributed by atoms with Crippen LogP contribution in [0.15, 0.2) is 0 Å². The van der Waals surface area contributed by atoms with Gasteiger partial charge in [-0.05, 0) is 0 Å². The molecule has 6 nitrogen and oxygen atoms in total. The van der Waals surface area contributed by atoms with Crippen molar-refractivity contribution in [1.82, 2.24) is 10.2 Å². The lowest BCUT2D eigenvalue weighted by molar-refractivity contribution is -0.143. The molecule has 0 saturated carbocycles. The van der Waals surface area contributed by atoms with Crippen molar-refractivity contribution in [3.05, 3.63) is 0 Å². The van der Waals surface area contributed by atoms with Crippen LogP contribution in [0, 0.1) is 0 Å². The summed E-state index contributed by atoms with van der Waals surface area (Å²) < 4.78 is 0. The second-order valence-electron chi connectivity index (χ2n) is 2.82. The highest BCUT2D eigenvalue weighted by molar-refractivity contribution is 5.79. The zero-order chi connectivity index (χ0) is 11.1. The molecule has 0 aliphatic heterocycles. The lowest BCUT2D eigenvalue weighted by atomic mass is 10.4. The normalized spacial score (nSPS) is 9.29. The molecule has 0 atom stereocenters. The lowest BCUT2D eigenvalue weighted by Gasteiger charge is -2.18. The average molecular weight is 202 g/mol. The van der Waals surface area contributed by atoms with Gasteiger partial charge in [-0.2, -0.15) is 0 Å². The predicted molar refractivity (Wildman–Crippen MR) is 48.6 cm³/mol. The lowest BCUT2D eigenvalue weighted by Crippen LogP contribution is -2.39. The fourth-order valence-corrected chi connectivity index (χ4v) is 0.878. The summed E-state index contributed by atoms with van der Waals surface area (Å²) in [6.07, 6.45) is 0. The number of amides is 2. The van der Waals surface area contributed by atoms with Gasteiger partial charge in [0.2, 0.25) is 11.8 Å². The van der Waals surface area contributed by atoms with Gasteiger partial charge in [0, 0.05) is 26.9 Å². The van der Waals surface area contributed by atoms with Gasteiger partial charge in [-0.25, -0.2) is 0 Å². The van der Waals surface area contributed by atoms with Crippen molar-refractivity contribution in [1.29, 1.82) is 0 Å². The molecule has 0 aromatic rings. The molecule has 0 unspecified atom stereocenters. The summed E-state index contributed by atoms with van der Waals surface area (Å²) in [5, 5.41) is 10.9. The summed E-state index contributed by atoms with van der Waals surface area (Å²) in [5.74, 6) is -1.59. The Morgan fingerprint density at radius 3 is 2.21 bits per heavy atom. The Morgan fingerprint density at radius 2 is 1.86 bits per heavy atom. The van der Waals surface area contributed by atoms with Crippen LogP contribution < -0.4 is 5.32 Å². The highest BCUT2D eigenvalue weighted by Crippen LogP contribution is 1.88. The second-order valence-corrected chi connectivity index (χ2v) is 2.82. The van der Waals surface area contributed by atoms with Gasteiger partial charge in [-0.1, -0.05) is 0 Å². The Hall–Kier alpha value is -1.59. The third kappa shape index (κ3) is 5.99. The number of nitrogens with zero attached hydrogens (tertiary/aromatic N) is 1. The monoisotopic (exact) mass is 202 g/mol. The largest absolute Gasteiger partial charge is 0.480 e. The first kappa shape index (κ1) is 12.4. The molecule has 0 spiro atoms. The van der Waals surface area contributed by atoms with Crippen molar-refractivity contribution in [3.63, 3.8) is 0 Å². The zero-order valence-corrected chi connectivity index (χ0v) is 8.24. The first-order valence-corrected chi connectivity index (χ1v) is 4.15. The number of carboxylic acid groups (broad SMARTS) is 1. The van der Waals surface area contributed by atoms with Crippen molar-refractivity contribution in [2.75, 3.05) is 19.6 Å². The summed E-state index contributed by atoms with van der Waals surface area (Å²) >= 11 is 0. The second kappa shape index (κ2) is 5.95. The molecular formula is C8H14N2O4. The Bertz CT molecular complexity index is 239. The van der Waals surface area contributed by atoms with Gasteiger partial charge in [0.15, 0.2) is 0 Å². The van der Waals surface area contributed by atoms with E-state index in [9.17, 15) is 14.4 Å². The Kier molecular flexibility index (Phi) is 5.28. The first-order valence-electron chi connectivity index (χ1n) is 4.15. The van der Waals surface area contributed by atoms with E-state index >= 15 is 0 Å². The third-order valence-electron chi connectivity index (χ3n) is 1.53. The van der Waals surface area contributed by atoms with E-state index in [0.29, 0.717) is 0 Å². The number of carboxylic acids is 1. The molecule has 6 heteroatoms. The summed E-state index contributed by atoms with van der Waals surface area (Å²) in [6.45, 7) is 2.78. The fourth-order valence-electron chi connectivity index (χ4n) is 0.878. The Morgan fingerprint density at radius 1 is 1.29 bits per heavy atom. The maximum atomic E-state index is 10.9. The molecule has 0 rings (SSSR count). The standard InChI is InChI=1S/C8H14N2O4/c1-6(11)9-3-4-10(7(2)12)5-8(13)14/h3-5H2,1-2H3,(H,9,11)(H,13,14). The van der Waals surface area contributed by atoms with Crippen molar-refractivity contribution in [2.45, 2.75) is 13.8 Å². The minimum absolute atomic E-state index is 0.205. The highest BCUT2D eigenvalue weighted by atomic mass is 16.4. The van der Waals surface area contributed by atoms with Crippen LogP contribution >= 0.6 is 0 Å². The molecule has 0 bridgehead atoms. The molecule has 0 radical (unpaired) electrons. The van der Waals surface area contributed by atoms with E-state index in [4.69, 9.17) is 5.11 Å². The van der Waals surface area contributed by atoms with Gasteiger partial charge in [0.1, 0.15) is 6.54 Å². The minimum Gasteiger partial charge on any atom is -0.480 e. The van der Waals surface area contributed by atoms with Gasteiger partial charge >= 0.3 is 5.97 Å². The molecular weight excluding hydrogens is 188 g/mol. The molecule has 0 aliphatic carbocycles. The number of carbonyl (C=O) groups excluding carboxylic acids is 2. The molecule has 0 aliphatic rings. The SMILES string of the molecule is CC(=O)NCCN(CC(=O)O)C(C)=O.